The zero-order valence-electron chi connectivity index (χ0n) is 13.9. The molecule has 0 spiro atoms. The van der Waals surface area contributed by atoms with E-state index in [4.69, 9.17) is 11.6 Å². The van der Waals surface area contributed by atoms with Gasteiger partial charge in [0.2, 0.25) is 0 Å². The number of anilines is 1. The van der Waals surface area contributed by atoms with Gasteiger partial charge in [0, 0.05) is 11.6 Å². The van der Waals surface area contributed by atoms with Crippen molar-refractivity contribution in [3.8, 4) is 10.6 Å². The molecular weight excluding hydrogens is 366 g/mol. The summed E-state index contributed by atoms with van der Waals surface area (Å²) in [5, 5.41) is 3.66. The Balaban J connectivity index is 1.79. The summed E-state index contributed by atoms with van der Waals surface area (Å²) in [5.41, 5.74) is 3.07. The van der Waals surface area contributed by atoms with Gasteiger partial charge in [0.1, 0.15) is 5.82 Å². The molecule has 4 rings (SSSR count). The molecule has 0 bridgehead atoms. The van der Waals surface area contributed by atoms with Gasteiger partial charge in [-0.3, -0.25) is 4.79 Å². The molecule has 0 aliphatic rings. The van der Waals surface area contributed by atoms with Crippen molar-refractivity contribution in [2.24, 2.45) is 0 Å². The molecule has 4 nitrogen and oxygen atoms in total. The molecule has 0 aliphatic heterocycles. The first-order valence-corrected chi connectivity index (χ1v) is 9.19. The van der Waals surface area contributed by atoms with Crippen LogP contribution >= 0.6 is 22.9 Å². The number of para-hydroxylation sites is 1. The number of hydrogen-bond acceptors (Lipinski definition) is 4. The van der Waals surface area contributed by atoms with Gasteiger partial charge in [-0.1, -0.05) is 35.9 Å². The molecule has 3 aromatic heterocycles. The monoisotopic (exact) mass is 379 g/mol. The summed E-state index contributed by atoms with van der Waals surface area (Å²) in [7, 11) is 0. The minimum absolute atomic E-state index is 0.219. The van der Waals surface area contributed by atoms with Gasteiger partial charge in [0.15, 0.2) is 0 Å². The van der Waals surface area contributed by atoms with Gasteiger partial charge in [-0.05, 0) is 42.8 Å². The van der Waals surface area contributed by atoms with E-state index in [1.807, 2.05) is 49.4 Å². The van der Waals surface area contributed by atoms with Crippen LogP contribution in [-0.4, -0.2) is 15.9 Å². The van der Waals surface area contributed by atoms with Gasteiger partial charge in [-0.25, -0.2) is 9.97 Å². The largest absolute Gasteiger partial charge is 0.307 e. The Hall–Kier alpha value is -2.76. The number of halogens is 1. The quantitative estimate of drug-likeness (QED) is 0.506. The van der Waals surface area contributed by atoms with Crippen LogP contribution in [0.3, 0.4) is 0 Å². The average molecular weight is 380 g/mol. The van der Waals surface area contributed by atoms with Crippen LogP contribution < -0.4 is 5.32 Å². The van der Waals surface area contributed by atoms with Crippen LogP contribution in [0.5, 0.6) is 0 Å². The summed E-state index contributed by atoms with van der Waals surface area (Å²) >= 11 is 7.49. The van der Waals surface area contributed by atoms with Crippen molar-refractivity contribution >= 4 is 45.6 Å². The number of fused-ring (bicyclic) bond motifs is 1. The number of aromatic nitrogens is 2. The van der Waals surface area contributed by atoms with Crippen LogP contribution in [0.4, 0.5) is 5.82 Å². The molecular formula is C20H14ClN3OS. The molecule has 4 aromatic rings. The van der Waals surface area contributed by atoms with Crippen molar-refractivity contribution in [2.45, 2.75) is 6.92 Å². The number of aryl methyl sites for hydroxylation is 1. The zero-order valence-corrected chi connectivity index (χ0v) is 15.4. The molecule has 0 aliphatic carbocycles. The second-order valence-corrected chi connectivity index (χ2v) is 7.57. The van der Waals surface area contributed by atoms with E-state index in [9.17, 15) is 4.79 Å². The Labute approximate surface area is 159 Å². The SMILES string of the molecule is Cc1ccc(NC(=O)c2cc(-c3ccc(Cl)s3)nc3ccccc23)nc1. The van der Waals surface area contributed by atoms with E-state index < -0.39 is 0 Å². The molecule has 26 heavy (non-hydrogen) atoms. The zero-order chi connectivity index (χ0) is 18.1. The Morgan fingerprint density at radius 1 is 1.12 bits per heavy atom. The van der Waals surface area contributed by atoms with E-state index in [0.717, 1.165) is 27.0 Å². The molecule has 0 fully saturated rings. The van der Waals surface area contributed by atoms with Crippen molar-refractivity contribution in [3.63, 3.8) is 0 Å². The van der Waals surface area contributed by atoms with E-state index >= 15 is 0 Å². The predicted molar refractivity (Wildman–Crippen MR) is 107 cm³/mol. The number of carbonyl (C=O) groups excluding carboxylic acids is 1. The number of amides is 1. The van der Waals surface area contributed by atoms with Gasteiger partial charge < -0.3 is 5.32 Å². The minimum Gasteiger partial charge on any atom is -0.307 e. The molecule has 1 N–H and O–H groups in total. The van der Waals surface area contributed by atoms with Gasteiger partial charge in [-0.15, -0.1) is 11.3 Å². The standard InChI is InChI=1S/C20H14ClN3OS/c1-12-6-9-19(22-11-12)24-20(25)14-10-16(17-7-8-18(21)26-17)23-15-5-3-2-4-13(14)15/h2-11H,1H3,(H,22,24,25). The Morgan fingerprint density at radius 3 is 2.69 bits per heavy atom. The fourth-order valence-electron chi connectivity index (χ4n) is 2.67. The average Bonchev–Trinajstić information content (AvgIpc) is 3.09. The molecule has 0 radical (unpaired) electrons. The smallest absolute Gasteiger partial charge is 0.257 e. The normalized spacial score (nSPS) is 10.8. The molecule has 0 unspecified atom stereocenters. The first kappa shape index (κ1) is 16.7. The summed E-state index contributed by atoms with van der Waals surface area (Å²) in [6.07, 6.45) is 1.72. The highest BCUT2D eigenvalue weighted by atomic mass is 35.5. The lowest BCUT2D eigenvalue weighted by atomic mass is 10.1. The molecule has 3 heterocycles. The van der Waals surface area contributed by atoms with Crippen LogP contribution in [0, 0.1) is 6.92 Å². The third-order valence-electron chi connectivity index (χ3n) is 3.94. The summed E-state index contributed by atoms with van der Waals surface area (Å²) in [5.74, 6) is 0.297. The fourth-order valence-corrected chi connectivity index (χ4v) is 3.67. The first-order chi connectivity index (χ1) is 12.6. The number of carbonyl (C=O) groups is 1. The Morgan fingerprint density at radius 2 is 1.96 bits per heavy atom. The van der Waals surface area contributed by atoms with Gasteiger partial charge in [-0.2, -0.15) is 0 Å². The number of rotatable bonds is 3. The Bertz CT molecular complexity index is 1110. The first-order valence-electron chi connectivity index (χ1n) is 8.00. The molecule has 1 aromatic carbocycles. The van der Waals surface area contributed by atoms with E-state index in [2.05, 4.69) is 15.3 Å². The lowest BCUT2D eigenvalue weighted by Crippen LogP contribution is -2.14. The van der Waals surface area contributed by atoms with E-state index in [1.165, 1.54) is 11.3 Å². The van der Waals surface area contributed by atoms with Crippen LogP contribution in [0.1, 0.15) is 15.9 Å². The third-order valence-corrected chi connectivity index (χ3v) is 5.19. The van der Waals surface area contributed by atoms with Gasteiger partial charge >= 0.3 is 0 Å². The lowest BCUT2D eigenvalue weighted by Gasteiger charge is -2.09. The minimum atomic E-state index is -0.219. The molecule has 0 atom stereocenters. The number of thiophene rings is 1. The van der Waals surface area contributed by atoms with Crippen LogP contribution in [-0.2, 0) is 0 Å². The summed E-state index contributed by atoms with van der Waals surface area (Å²) < 4.78 is 0.685. The van der Waals surface area contributed by atoms with Gasteiger partial charge in [0.05, 0.1) is 26.0 Å². The van der Waals surface area contributed by atoms with E-state index in [-0.39, 0.29) is 5.91 Å². The molecule has 6 heteroatoms. The van der Waals surface area contributed by atoms with Gasteiger partial charge in [0.25, 0.3) is 5.91 Å². The second kappa shape index (κ2) is 6.86. The summed E-state index contributed by atoms with van der Waals surface area (Å²) in [6, 6.07) is 16.8. The Kier molecular flexibility index (Phi) is 4.41. The highest BCUT2D eigenvalue weighted by molar-refractivity contribution is 7.19. The van der Waals surface area contributed by atoms with Crippen molar-refractivity contribution in [3.05, 3.63) is 76.3 Å². The molecule has 128 valence electrons. The molecule has 0 saturated heterocycles. The lowest BCUT2D eigenvalue weighted by molar-refractivity contribution is 0.102. The predicted octanol–water partition coefficient (Wildman–Crippen LogP) is 5.57. The maximum atomic E-state index is 12.9. The van der Waals surface area contributed by atoms with Crippen molar-refractivity contribution in [1.29, 1.82) is 0 Å². The highest BCUT2D eigenvalue weighted by Gasteiger charge is 2.15. The van der Waals surface area contributed by atoms with Crippen LogP contribution in [0.2, 0.25) is 4.34 Å². The summed E-state index contributed by atoms with van der Waals surface area (Å²) in [6.45, 7) is 1.95. The van der Waals surface area contributed by atoms with Crippen molar-refractivity contribution in [2.75, 3.05) is 5.32 Å². The number of pyridine rings is 2. The third kappa shape index (κ3) is 3.31. The maximum absolute atomic E-state index is 12.9. The van der Waals surface area contributed by atoms with Crippen molar-refractivity contribution < 1.29 is 4.79 Å². The second-order valence-electron chi connectivity index (χ2n) is 5.85. The fraction of sp³-hybridized carbons (Fsp3) is 0.0500. The topological polar surface area (TPSA) is 54.9 Å². The van der Waals surface area contributed by atoms with Crippen LogP contribution in [0.25, 0.3) is 21.5 Å². The number of hydrogen-bond donors (Lipinski definition) is 1. The maximum Gasteiger partial charge on any atom is 0.257 e. The number of benzene rings is 1. The number of nitrogens with one attached hydrogen (secondary N) is 1. The number of nitrogens with zero attached hydrogens (tertiary/aromatic N) is 2. The van der Waals surface area contributed by atoms with E-state index in [1.54, 1.807) is 18.3 Å². The summed E-state index contributed by atoms with van der Waals surface area (Å²) in [4.78, 5) is 22.7. The van der Waals surface area contributed by atoms with Crippen LogP contribution in [0.15, 0.2) is 60.8 Å². The highest BCUT2D eigenvalue weighted by Crippen LogP contribution is 2.32. The van der Waals surface area contributed by atoms with E-state index in [0.29, 0.717) is 15.7 Å². The molecule has 1 amide bonds. The molecule has 0 saturated carbocycles. The van der Waals surface area contributed by atoms with Crippen molar-refractivity contribution in [1.82, 2.24) is 9.97 Å².